The van der Waals surface area contributed by atoms with Gasteiger partial charge in [-0.2, -0.15) is 13.2 Å². The fraction of sp³-hybridized carbons (Fsp3) is 0.562. The van der Waals surface area contributed by atoms with Crippen LogP contribution in [0.15, 0.2) is 24.3 Å². The van der Waals surface area contributed by atoms with Crippen LogP contribution in [0.5, 0.6) is 0 Å². The van der Waals surface area contributed by atoms with Gasteiger partial charge in [0.25, 0.3) is 0 Å². The molecule has 2 rings (SSSR count). The van der Waals surface area contributed by atoms with Crippen LogP contribution in [0.3, 0.4) is 0 Å². The van der Waals surface area contributed by atoms with Crippen molar-refractivity contribution in [1.29, 1.82) is 0 Å². The molecule has 4 nitrogen and oxygen atoms in total. The number of halogens is 3. The molecule has 0 spiro atoms. The third-order valence-corrected chi connectivity index (χ3v) is 4.41. The first kappa shape index (κ1) is 18.8. The third kappa shape index (κ3) is 5.24. The van der Waals surface area contributed by atoms with E-state index in [-0.39, 0.29) is 0 Å². The highest BCUT2D eigenvalue weighted by molar-refractivity contribution is 7.80. The van der Waals surface area contributed by atoms with Crippen LogP contribution in [-0.4, -0.2) is 63.4 Å². The Labute approximate surface area is 146 Å². The number of anilines is 1. The van der Waals surface area contributed by atoms with Crippen molar-refractivity contribution >= 4 is 23.0 Å². The van der Waals surface area contributed by atoms with Crippen molar-refractivity contribution in [3.8, 4) is 0 Å². The fourth-order valence-electron chi connectivity index (χ4n) is 2.58. The molecule has 2 N–H and O–H groups in total. The molecule has 24 heavy (non-hydrogen) atoms. The Morgan fingerprint density at radius 1 is 1.21 bits per heavy atom. The van der Waals surface area contributed by atoms with Crippen LogP contribution in [-0.2, 0) is 6.18 Å². The summed E-state index contributed by atoms with van der Waals surface area (Å²) in [5.41, 5.74) is 0.00497. The average molecular weight is 361 g/mol. The van der Waals surface area contributed by atoms with E-state index < -0.39 is 11.7 Å². The number of hydrogen-bond acceptors (Lipinski definition) is 2. The van der Waals surface area contributed by atoms with Crippen molar-refractivity contribution in [3.63, 3.8) is 0 Å². The van der Waals surface area contributed by atoms with Crippen molar-refractivity contribution in [2.45, 2.75) is 6.18 Å². The number of hydrogen-bond donors (Lipinski definition) is 2. The number of alkyl halides is 3. The van der Waals surface area contributed by atoms with E-state index in [4.69, 9.17) is 12.2 Å². The highest BCUT2D eigenvalue weighted by Gasteiger charge is 2.31. The van der Waals surface area contributed by atoms with Gasteiger partial charge in [0.2, 0.25) is 0 Å². The Morgan fingerprint density at radius 3 is 2.46 bits per heavy atom. The van der Waals surface area contributed by atoms with Gasteiger partial charge in [0, 0.05) is 31.9 Å². The monoisotopic (exact) mass is 361 g/mol. The molecule has 1 fully saturated rings. The molecule has 1 heterocycles. The summed E-state index contributed by atoms with van der Waals surface area (Å²) in [6.07, 6.45) is -4.31. The van der Waals surface area contributed by atoms with Crippen LogP contribution in [0.4, 0.5) is 18.9 Å². The van der Waals surface area contributed by atoms with Crippen LogP contribution in [0.1, 0.15) is 5.56 Å². The molecule has 0 aromatic heterocycles. The van der Waals surface area contributed by atoms with E-state index in [0.29, 0.717) is 31.9 Å². The maximum Gasteiger partial charge on any atom is 0.416 e. The Balaban J connectivity index is 1.87. The van der Waals surface area contributed by atoms with Gasteiger partial charge in [-0.15, -0.1) is 0 Å². The second-order valence-corrected chi connectivity index (χ2v) is 6.60. The molecule has 0 aliphatic carbocycles. The lowest BCUT2D eigenvalue weighted by Crippen LogP contribution is -3.06. The van der Waals surface area contributed by atoms with E-state index in [2.05, 4.69) is 24.3 Å². The largest absolute Gasteiger partial charge is 0.416 e. The minimum absolute atomic E-state index is 0.606. The summed E-state index contributed by atoms with van der Waals surface area (Å²) >= 11 is 5.39. The third-order valence-electron chi connectivity index (χ3n) is 4.01. The lowest BCUT2D eigenvalue weighted by atomic mass is 10.1. The summed E-state index contributed by atoms with van der Waals surface area (Å²) in [6, 6.07) is 5.50. The van der Waals surface area contributed by atoms with Gasteiger partial charge in [0.1, 0.15) is 0 Å². The highest BCUT2D eigenvalue weighted by atomic mass is 32.1. The second kappa shape index (κ2) is 8.02. The first-order valence-corrected chi connectivity index (χ1v) is 8.42. The molecular formula is C16H24F3N4S+. The van der Waals surface area contributed by atoms with Gasteiger partial charge in [0.15, 0.2) is 5.11 Å². The molecular weight excluding hydrogens is 337 g/mol. The molecule has 1 aliphatic heterocycles. The molecule has 1 aromatic rings. The number of quaternary nitrogens is 1. The predicted octanol–water partition coefficient (Wildman–Crippen LogP) is 0.846. The van der Waals surface area contributed by atoms with Crippen LogP contribution in [0, 0.1) is 0 Å². The number of likely N-dealkylation sites (N-methyl/N-ethyl adjacent to an activating group) is 1. The van der Waals surface area contributed by atoms with Gasteiger partial charge >= 0.3 is 6.18 Å². The maximum absolute atomic E-state index is 12.8. The van der Waals surface area contributed by atoms with E-state index in [1.165, 1.54) is 17.0 Å². The van der Waals surface area contributed by atoms with Crippen molar-refractivity contribution in [3.05, 3.63) is 29.8 Å². The summed E-state index contributed by atoms with van der Waals surface area (Å²) in [6.45, 7) is 4.51. The van der Waals surface area contributed by atoms with Crippen molar-refractivity contribution in [2.24, 2.45) is 0 Å². The van der Waals surface area contributed by atoms with Gasteiger partial charge in [-0.3, -0.25) is 0 Å². The Hall–Kier alpha value is -1.54. The quantitative estimate of drug-likeness (QED) is 0.776. The lowest BCUT2D eigenvalue weighted by molar-refractivity contribution is -0.856. The van der Waals surface area contributed by atoms with E-state index in [0.717, 1.165) is 24.3 Å². The Bertz CT molecular complexity index is 554. The molecule has 0 bridgehead atoms. The number of thiocarbonyl (C=S) groups is 1. The van der Waals surface area contributed by atoms with Gasteiger partial charge in [-0.1, -0.05) is 6.07 Å². The van der Waals surface area contributed by atoms with Crippen LogP contribution in [0.2, 0.25) is 0 Å². The standard InChI is InChI=1S/C16H23F3N4S/c1-21(2)7-6-20-15(24)23-10-8-22(9-11-23)14-5-3-4-13(12-14)16(17,18)19/h3-5,12H,6-11H2,1-2H3,(H,20,24)/p+1. The number of nitrogens with zero attached hydrogens (tertiary/aromatic N) is 2. The van der Waals surface area contributed by atoms with Crippen molar-refractivity contribution in [1.82, 2.24) is 10.2 Å². The van der Waals surface area contributed by atoms with Gasteiger partial charge in [-0.05, 0) is 30.4 Å². The lowest BCUT2D eigenvalue weighted by Gasteiger charge is -2.37. The van der Waals surface area contributed by atoms with Gasteiger partial charge < -0.3 is 20.0 Å². The zero-order valence-corrected chi connectivity index (χ0v) is 14.8. The maximum atomic E-state index is 12.8. The van der Waals surface area contributed by atoms with Crippen LogP contribution >= 0.6 is 12.2 Å². The molecule has 134 valence electrons. The molecule has 0 radical (unpaired) electrons. The number of rotatable bonds is 4. The second-order valence-electron chi connectivity index (χ2n) is 6.21. The number of nitrogens with one attached hydrogen (secondary N) is 2. The summed E-state index contributed by atoms with van der Waals surface area (Å²) in [4.78, 5) is 5.39. The Morgan fingerprint density at radius 2 is 1.88 bits per heavy atom. The molecule has 0 saturated carbocycles. The average Bonchev–Trinajstić information content (AvgIpc) is 2.54. The minimum Gasteiger partial charge on any atom is -0.368 e. The normalized spacial score (nSPS) is 15.8. The van der Waals surface area contributed by atoms with Crippen LogP contribution < -0.4 is 15.1 Å². The first-order chi connectivity index (χ1) is 11.3. The zero-order chi connectivity index (χ0) is 17.7. The summed E-state index contributed by atoms with van der Waals surface area (Å²) in [5, 5.41) is 3.96. The number of benzene rings is 1. The van der Waals surface area contributed by atoms with Gasteiger partial charge in [-0.25, -0.2) is 0 Å². The van der Waals surface area contributed by atoms with E-state index in [1.54, 1.807) is 6.07 Å². The fourth-order valence-corrected chi connectivity index (χ4v) is 2.86. The summed E-state index contributed by atoms with van der Waals surface area (Å²) < 4.78 is 38.5. The molecule has 0 atom stereocenters. The Kier molecular flexibility index (Phi) is 6.28. The molecule has 8 heteroatoms. The minimum atomic E-state index is -4.31. The van der Waals surface area contributed by atoms with E-state index in [9.17, 15) is 13.2 Å². The first-order valence-electron chi connectivity index (χ1n) is 8.01. The van der Waals surface area contributed by atoms with E-state index >= 15 is 0 Å². The van der Waals surface area contributed by atoms with Crippen molar-refractivity contribution < 1.29 is 18.1 Å². The summed E-state index contributed by atoms with van der Waals surface area (Å²) in [7, 11) is 4.16. The zero-order valence-electron chi connectivity index (χ0n) is 14.0. The van der Waals surface area contributed by atoms with Gasteiger partial charge in [0.05, 0.1) is 32.7 Å². The highest BCUT2D eigenvalue weighted by Crippen LogP contribution is 2.31. The summed E-state index contributed by atoms with van der Waals surface area (Å²) in [5.74, 6) is 0. The van der Waals surface area contributed by atoms with Crippen LogP contribution in [0.25, 0.3) is 0 Å². The molecule has 1 saturated heterocycles. The topological polar surface area (TPSA) is 23.0 Å². The number of piperazine rings is 1. The molecule has 0 unspecified atom stereocenters. The molecule has 0 amide bonds. The SMILES string of the molecule is C[NH+](C)CCNC(=S)N1CCN(c2cccc(C(F)(F)F)c2)CC1. The van der Waals surface area contributed by atoms with E-state index in [1.807, 2.05) is 4.90 Å². The van der Waals surface area contributed by atoms with Crippen molar-refractivity contribution in [2.75, 3.05) is 58.3 Å². The molecule has 1 aliphatic rings. The smallest absolute Gasteiger partial charge is 0.368 e. The molecule has 1 aromatic carbocycles. The predicted molar refractivity (Wildman–Crippen MR) is 93.5 cm³/mol.